The van der Waals surface area contributed by atoms with Gasteiger partial charge in [-0.25, -0.2) is 4.39 Å². The van der Waals surface area contributed by atoms with Gasteiger partial charge in [-0.15, -0.1) is 0 Å². The first-order valence-electron chi connectivity index (χ1n) is 5.55. The lowest BCUT2D eigenvalue weighted by Gasteiger charge is -2.07. The Hall–Kier alpha value is -0.940. The monoisotopic (exact) mass is 302 g/mol. The minimum atomic E-state index is -0.270. The number of rotatable bonds is 6. The van der Waals surface area contributed by atoms with Gasteiger partial charge in [-0.3, -0.25) is 4.79 Å². The lowest BCUT2D eigenvalue weighted by Crippen LogP contribution is -2.27. The molecule has 1 rings (SSSR count). The van der Waals surface area contributed by atoms with Crippen LogP contribution in [0.15, 0.2) is 22.7 Å². The third-order valence-electron chi connectivity index (χ3n) is 2.25. The average molecular weight is 303 g/mol. The van der Waals surface area contributed by atoms with E-state index in [0.717, 1.165) is 5.56 Å². The van der Waals surface area contributed by atoms with E-state index >= 15 is 0 Å². The molecule has 0 radical (unpaired) electrons. The zero-order valence-corrected chi connectivity index (χ0v) is 11.3. The van der Waals surface area contributed by atoms with Crippen LogP contribution >= 0.6 is 15.9 Å². The second-order valence-corrected chi connectivity index (χ2v) is 4.39. The molecule has 0 fully saturated rings. The third-order valence-corrected chi connectivity index (χ3v) is 3.14. The smallest absolute Gasteiger partial charge is 0.221 e. The third kappa shape index (κ3) is 4.83. The van der Waals surface area contributed by atoms with Crippen molar-refractivity contribution in [1.29, 1.82) is 0 Å². The molecule has 0 spiro atoms. The number of halogens is 2. The summed E-state index contributed by atoms with van der Waals surface area (Å²) >= 11 is 3.19. The summed E-state index contributed by atoms with van der Waals surface area (Å²) in [7, 11) is 0. The molecule has 5 heteroatoms. The van der Waals surface area contributed by atoms with Crippen LogP contribution < -0.4 is 10.6 Å². The van der Waals surface area contributed by atoms with Crippen LogP contribution in [0.2, 0.25) is 0 Å². The number of amides is 1. The topological polar surface area (TPSA) is 41.1 Å². The second kappa shape index (κ2) is 7.40. The summed E-state index contributed by atoms with van der Waals surface area (Å²) in [5.41, 5.74) is 0.848. The number of hydrogen-bond donors (Lipinski definition) is 2. The molecule has 1 aromatic carbocycles. The molecule has 0 heterocycles. The van der Waals surface area contributed by atoms with Gasteiger partial charge in [0.15, 0.2) is 0 Å². The van der Waals surface area contributed by atoms with Crippen LogP contribution in [0.4, 0.5) is 4.39 Å². The van der Waals surface area contributed by atoms with Gasteiger partial charge >= 0.3 is 0 Å². The SMILES string of the molecule is CCNC(=O)CCNCc1cccc(F)c1Br. The number of benzene rings is 1. The predicted octanol–water partition coefficient (Wildman–Crippen LogP) is 2.20. The lowest BCUT2D eigenvalue weighted by atomic mass is 10.2. The van der Waals surface area contributed by atoms with Gasteiger partial charge in [-0.2, -0.15) is 0 Å². The van der Waals surface area contributed by atoms with Crippen molar-refractivity contribution in [2.24, 2.45) is 0 Å². The number of carbonyl (C=O) groups excluding carboxylic acids is 1. The highest BCUT2D eigenvalue weighted by Gasteiger charge is 2.04. The summed E-state index contributed by atoms with van der Waals surface area (Å²) in [5.74, 6) is -0.244. The minimum Gasteiger partial charge on any atom is -0.356 e. The quantitative estimate of drug-likeness (QED) is 0.791. The first-order valence-corrected chi connectivity index (χ1v) is 6.34. The fraction of sp³-hybridized carbons (Fsp3) is 0.417. The summed E-state index contributed by atoms with van der Waals surface area (Å²) < 4.78 is 13.7. The Kier molecular flexibility index (Phi) is 6.15. The van der Waals surface area contributed by atoms with Gasteiger partial charge in [-0.1, -0.05) is 12.1 Å². The van der Waals surface area contributed by atoms with Gasteiger partial charge in [0.1, 0.15) is 5.82 Å². The Morgan fingerprint density at radius 1 is 1.47 bits per heavy atom. The second-order valence-electron chi connectivity index (χ2n) is 3.59. The molecular formula is C12H16BrFN2O. The van der Waals surface area contributed by atoms with Crippen LogP contribution in [-0.2, 0) is 11.3 Å². The van der Waals surface area contributed by atoms with E-state index in [-0.39, 0.29) is 11.7 Å². The highest BCUT2D eigenvalue weighted by Crippen LogP contribution is 2.19. The number of nitrogens with one attached hydrogen (secondary N) is 2. The van der Waals surface area contributed by atoms with E-state index in [0.29, 0.717) is 30.5 Å². The molecule has 0 atom stereocenters. The molecule has 0 aliphatic rings. The molecule has 0 aliphatic heterocycles. The van der Waals surface area contributed by atoms with Crippen LogP contribution in [0.25, 0.3) is 0 Å². The normalized spacial score (nSPS) is 10.3. The molecule has 0 saturated carbocycles. The highest BCUT2D eigenvalue weighted by molar-refractivity contribution is 9.10. The Labute approximate surface area is 109 Å². The molecule has 0 unspecified atom stereocenters. The van der Waals surface area contributed by atoms with Gasteiger partial charge in [0.05, 0.1) is 4.47 Å². The molecule has 3 nitrogen and oxygen atoms in total. The van der Waals surface area contributed by atoms with Crippen molar-refractivity contribution in [1.82, 2.24) is 10.6 Å². The summed E-state index contributed by atoms with van der Waals surface area (Å²) in [5, 5.41) is 5.82. The average Bonchev–Trinajstić information content (AvgIpc) is 2.30. The van der Waals surface area contributed by atoms with Crippen LogP contribution in [0, 0.1) is 5.82 Å². The highest BCUT2D eigenvalue weighted by atomic mass is 79.9. The van der Waals surface area contributed by atoms with E-state index in [1.165, 1.54) is 6.07 Å². The fourth-order valence-electron chi connectivity index (χ4n) is 1.40. The maximum atomic E-state index is 13.2. The molecular weight excluding hydrogens is 287 g/mol. The minimum absolute atomic E-state index is 0.0262. The largest absolute Gasteiger partial charge is 0.356 e. The van der Waals surface area contributed by atoms with Crippen molar-refractivity contribution in [2.45, 2.75) is 19.9 Å². The molecule has 0 bridgehead atoms. The zero-order valence-electron chi connectivity index (χ0n) is 9.72. The maximum absolute atomic E-state index is 13.2. The van der Waals surface area contributed by atoms with Crippen LogP contribution in [0.3, 0.4) is 0 Å². The van der Waals surface area contributed by atoms with Gasteiger partial charge in [0.2, 0.25) is 5.91 Å². The first-order chi connectivity index (χ1) is 8.15. The first kappa shape index (κ1) is 14.1. The zero-order chi connectivity index (χ0) is 12.7. The molecule has 94 valence electrons. The molecule has 17 heavy (non-hydrogen) atoms. The van der Waals surface area contributed by atoms with Gasteiger partial charge < -0.3 is 10.6 Å². The Morgan fingerprint density at radius 3 is 2.94 bits per heavy atom. The van der Waals surface area contributed by atoms with Crippen molar-refractivity contribution >= 4 is 21.8 Å². The van der Waals surface area contributed by atoms with Crippen molar-refractivity contribution in [2.75, 3.05) is 13.1 Å². The van der Waals surface area contributed by atoms with E-state index < -0.39 is 0 Å². The molecule has 1 amide bonds. The molecule has 0 aromatic heterocycles. The van der Waals surface area contributed by atoms with E-state index in [2.05, 4.69) is 26.6 Å². The van der Waals surface area contributed by atoms with Crippen molar-refractivity contribution in [3.63, 3.8) is 0 Å². The van der Waals surface area contributed by atoms with Crippen LogP contribution in [0.1, 0.15) is 18.9 Å². The van der Waals surface area contributed by atoms with Crippen molar-refractivity contribution < 1.29 is 9.18 Å². The van der Waals surface area contributed by atoms with Crippen LogP contribution in [-0.4, -0.2) is 19.0 Å². The van der Waals surface area contributed by atoms with Gasteiger partial charge in [0.25, 0.3) is 0 Å². The summed E-state index contributed by atoms with van der Waals surface area (Å²) in [6.07, 6.45) is 0.431. The van der Waals surface area contributed by atoms with Crippen molar-refractivity contribution in [3.05, 3.63) is 34.1 Å². The predicted molar refractivity (Wildman–Crippen MR) is 69.1 cm³/mol. The summed E-state index contributed by atoms with van der Waals surface area (Å²) in [6.45, 7) is 3.65. The van der Waals surface area contributed by atoms with E-state index in [1.807, 2.05) is 13.0 Å². The fourth-order valence-corrected chi connectivity index (χ4v) is 1.80. The van der Waals surface area contributed by atoms with E-state index in [4.69, 9.17) is 0 Å². The lowest BCUT2D eigenvalue weighted by molar-refractivity contribution is -0.120. The Morgan fingerprint density at radius 2 is 2.24 bits per heavy atom. The Bertz CT molecular complexity index is 385. The van der Waals surface area contributed by atoms with Gasteiger partial charge in [0, 0.05) is 26.1 Å². The molecule has 1 aromatic rings. The Balaban J connectivity index is 2.31. The van der Waals surface area contributed by atoms with Crippen molar-refractivity contribution in [3.8, 4) is 0 Å². The molecule has 0 saturated heterocycles. The van der Waals surface area contributed by atoms with E-state index in [9.17, 15) is 9.18 Å². The summed E-state index contributed by atoms with van der Waals surface area (Å²) in [4.78, 5) is 11.2. The molecule has 0 aliphatic carbocycles. The van der Waals surface area contributed by atoms with Gasteiger partial charge in [-0.05, 0) is 34.5 Å². The molecule has 2 N–H and O–H groups in total. The number of carbonyl (C=O) groups is 1. The van der Waals surface area contributed by atoms with Crippen LogP contribution in [0.5, 0.6) is 0 Å². The number of hydrogen-bond acceptors (Lipinski definition) is 2. The maximum Gasteiger partial charge on any atom is 0.221 e. The van der Waals surface area contributed by atoms with E-state index in [1.54, 1.807) is 6.07 Å². The standard InChI is InChI=1S/C12H16BrFN2O/c1-2-16-11(17)6-7-15-8-9-4-3-5-10(14)12(9)13/h3-5,15H,2,6-8H2,1H3,(H,16,17). The summed E-state index contributed by atoms with van der Waals surface area (Å²) in [6, 6.07) is 4.91.